The molecule has 3 rings (SSSR count). The van der Waals surface area contributed by atoms with Crippen molar-refractivity contribution in [2.75, 3.05) is 13.1 Å². The Hall–Kier alpha value is -0.880. The number of rotatable bonds is 2. The molecule has 0 aromatic carbocycles. The first-order chi connectivity index (χ1) is 12.4. The number of aliphatic carboxylic acids is 1. The molecule has 0 amide bonds. The van der Waals surface area contributed by atoms with Crippen molar-refractivity contribution < 1.29 is 27.6 Å². The molecule has 1 saturated heterocycles. The highest BCUT2D eigenvalue weighted by Crippen LogP contribution is 2.52. The van der Waals surface area contributed by atoms with E-state index in [4.69, 9.17) is 9.90 Å². The number of aromatic nitrogens is 1. The van der Waals surface area contributed by atoms with Gasteiger partial charge in [-0.3, -0.25) is 0 Å². The van der Waals surface area contributed by atoms with Crippen molar-refractivity contribution in [2.45, 2.75) is 57.0 Å². The van der Waals surface area contributed by atoms with E-state index in [1.54, 1.807) is 11.3 Å². The molecule has 1 spiro atoms. The number of fused-ring (bicyclic) bond motifs is 1. The molecule has 0 unspecified atom stereocenters. The Labute approximate surface area is 163 Å². The molecule has 2 aliphatic rings. The highest BCUT2D eigenvalue weighted by Gasteiger charge is 2.51. The molecule has 0 saturated carbocycles. The fraction of sp³-hybridized carbons (Fsp3) is 0.750. The standard InChI is InChI=1S/C14H23N3OS2.C2HF3O2/c1-13(2,3)20(18)17-12-11-10(16-9-19-11)8-14(12)4-6-15-7-5-14;3-2(4,5)1(6)7/h9,12,15,17H,4-8H2,1-3H3;(H,6,7)/t12-,20-;/m1./s1. The molecular weight excluding hydrogens is 403 g/mol. The van der Waals surface area contributed by atoms with E-state index in [0.717, 1.165) is 32.4 Å². The zero-order valence-electron chi connectivity index (χ0n) is 15.4. The van der Waals surface area contributed by atoms with Crippen LogP contribution in [0.1, 0.15) is 50.2 Å². The van der Waals surface area contributed by atoms with Gasteiger partial charge in [0.05, 0.1) is 17.2 Å². The fourth-order valence-corrected chi connectivity index (χ4v) is 5.22. The van der Waals surface area contributed by atoms with Gasteiger partial charge in [0.2, 0.25) is 0 Å². The molecule has 154 valence electrons. The van der Waals surface area contributed by atoms with Gasteiger partial charge in [-0.2, -0.15) is 13.2 Å². The highest BCUT2D eigenvalue weighted by atomic mass is 32.2. The van der Waals surface area contributed by atoms with Crippen molar-refractivity contribution >= 4 is 28.7 Å². The lowest BCUT2D eigenvalue weighted by Crippen LogP contribution is -2.48. The highest BCUT2D eigenvalue weighted by molar-refractivity contribution is 7.90. The second-order valence-corrected chi connectivity index (χ2v) is 10.6. The lowest BCUT2D eigenvalue weighted by atomic mass is 9.74. The summed E-state index contributed by atoms with van der Waals surface area (Å²) in [5, 5.41) is 10.6. The summed E-state index contributed by atoms with van der Waals surface area (Å²) >= 11 is 0.674. The summed E-state index contributed by atoms with van der Waals surface area (Å²) in [6.45, 7) is 8.17. The quantitative estimate of drug-likeness (QED) is 0.628. The molecule has 11 heteroatoms. The smallest absolute Gasteiger partial charge is 0.490 e. The van der Waals surface area contributed by atoms with Crippen LogP contribution >= 0.6 is 11.3 Å². The third-order valence-corrected chi connectivity index (χ3v) is 7.19. The minimum Gasteiger partial charge on any atom is -0.598 e. The van der Waals surface area contributed by atoms with E-state index in [-0.39, 0.29) is 16.2 Å². The lowest BCUT2D eigenvalue weighted by molar-refractivity contribution is -0.192. The van der Waals surface area contributed by atoms with Gasteiger partial charge in [-0.1, -0.05) is 0 Å². The van der Waals surface area contributed by atoms with Crippen molar-refractivity contribution in [3.8, 4) is 0 Å². The summed E-state index contributed by atoms with van der Waals surface area (Å²) in [7, 11) is 0. The number of carboxylic acid groups (broad SMARTS) is 1. The number of thiazole rings is 1. The van der Waals surface area contributed by atoms with Crippen molar-refractivity contribution in [3.63, 3.8) is 0 Å². The third kappa shape index (κ3) is 5.35. The van der Waals surface area contributed by atoms with Crippen LogP contribution in [0.4, 0.5) is 13.2 Å². The molecule has 3 N–H and O–H groups in total. The molecule has 2 heterocycles. The Balaban J connectivity index is 0.000000321. The van der Waals surface area contributed by atoms with E-state index in [0.29, 0.717) is 0 Å². The monoisotopic (exact) mass is 427 g/mol. The molecule has 1 aromatic rings. The largest absolute Gasteiger partial charge is 0.598 e. The second-order valence-electron chi connectivity index (χ2n) is 7.69. The maximum atomic E-state index is 12.5. The van der Waals surface area contributed by atoms with E-state index in [1.807, 2.05) is 26.3 Å². The number of halogens is 3. The molecule has 1 aliphatic carbocycles. The predicted molar refractivity (Wildman–Crippen MR) is 97.8 cm³/mol. The second kappa shape index (κ2) is 8.24. The first kappa shape index (κ1) is 22.4. The summed E-state index contributed by atoms with van der Waals surface area (Å²) in [6, 6.07) is 0.201. The van der Waals surface area contributed by atoms with Gasteiger partial charge in [-0.05, 0) is 53.1 Å². The van der Waals surface area contributed by atoms with Crippen LogP contribution in [0.2, 0.25) is 0 Å². The van der Waals surface area contributed by atoms with Crippen LogP contribution in [-0.2, 0) is 22.6 Å². The van der Waals surface area contributed by atoms with Gasteiger partial charge in [0.25, 0.3) is 0 Å². The van der Waals surface area contributed by atoms with E-state index < -0.39 is 23.5 Å². The minimum atomic E-state index is -5.08. The number of carboxylic acids is 1. The Kier molecular flexibility index (Phi) is 6.84. The Morgan fingerprint density at radius 1 is 1.41 bits per heavy atom. The summed E-state index contributed by atoms with van der Waals surface area (Å²) < 4.78 is 47.5. The number of hydrogen-bond donors (Lipinski definition) is 3. The number of nitrogens with zero attached hydrogens (tertiary/aromatic N) is 1. The van der Waals surface area contributed by atoms with Crippen molar-refractivity contribution in [3.05, 3.63) is 16.1 Å². The average Bonchev–Trinajstić information content (AvgIpc) is 3.08. The number of nitrogens with one attached hydrogen (secondary N) is 2. The van der Waals surface area contributed by atoms with Crippen molar-refractivity contribution in [2.24, 2.45) is 5.41 Å². The molecule has 1 aliphatic heterocycles. The van der Waals surface area contributed by atoms with E-state index in [9.17, 15) is 17.7 Å². The summed E-state index contributed by atoms with van der Waals surface area (Å²) in [5.41, 5.74) is 3.36. The SMILES string of the molecule is CC(C)(C)[S@@+]([O-])N[C@@H]1c2scnc2CC12CCNCC2.O=C(O)C(F)(F)F. The molecule has 27 heavy (non-hydrogen) atoms. The van der Waals surface area contributed by atoms with Crippen LogP contribution in [0.15, 0.2) is 5.51 Å². The number of piperidine rings is 1. The molecule has 2 atom stereocenters. The first-order valence-electron chi connectivity index (χ1n) is 8.48. The Bertz CT molecular complexity index is 655. The Morgan fingerprint density at radius 2 is 1.96 bits per heavy atom. The predicted octanol–water partition coefficient (Wildman–Crippen LogP) is 2.80. The van der Waals surface area contributed by atoms with E-state index >= 15 is 0 Å². The van der Waals surface area contributed by atoms with E-state index in [2.05, 4.69) is 15.0 Å². The van der Waals surface area contributed by atoms with Crippen LogP contribution in [0.3, 0.4) is 0 Å². The molecule has 0 bridgehead atoms. The van der Waals surface area contributed by atoms with Gasteiger partial charge in [0, 0.05) is 21.7 Å². The number of alkyl halides is 3. The normalized spacial score (nSPS) is 22.7. The average molecular weight is 428 g/mol. The van der Waals surface area contributed by atoms with Gasteiger partial charge in [-0.15, -0.1) is 16.1 Å². The topological polar surface area (TPSA) is 97.3 Å². The van der Waals surface area contributed by atoms with Crippen molar-refractivity contribution in [1.82, 2.24) is 15.0 Å². The molecule has 6 nitrogen and oxygen atoms in total. The van der Waals surface area contributed by atoms with Gasteiger partial charge in [0.1, 0.15) is 4.75 Å². The van der Waals surface area contributed by atoms with Gasteiger partial charge in [0.15, 0.2) is 0 Å². The third-order valence-electron chi connectivity index (χ3n) is 4.69. The van der Waals surface area contributed by atoms with Crippen LogP contribution in [0.5, 0.6) is 0 Å². The van der Waals surface area contributed by atoms with Gasteiger partial charge < -0.3 is 15.0 Å². The van der Waals surface area contributed by atoms with Gasteiger partial charge >= 0.3 is 12.1 Å². The maximum absolute atomic E-state index is 12.5. The van der Waals surface area contributed by atoms with Crippen LogP contribution < -0.4 is 10.0 Å². The zero-order valence-corrected chi connectivity index (χ0v) is 17.0. The molecule has 1 fully saturated rings. The van der Waals surface area contributed by atoms with Gasteiger partial charge in [-0.25, -0.2) is 9.78 Å². The number of hydrogen-bond acceptors (Lipinski definition) is 6. The first-order valence-corrected chi connectivity index (χ1v) is 10.5. The lowest BCUT2D eigenvalue weighted by Gasteiger charge is -2.40. The summed E-state index contributed by atoms with van der Waals surface area (Å²) in [6.07, 6.45) is -1.78. The maximum Gasteiger partial charge on any atom is 0.490 e. The van der Waals surface area contributed by atoms with Crippen molar-refractivity contribution in [1.29, 1.82) is 0 Å². The zero-order chi connectivity index (χ0) is 20.5. The minimum absolute atomic E-state index is 0.201. The Morgan fingerprint density at radius 3 is 2.44 bits per heavy atom. The summed E-state index contributed by atoms with van der Waals surface area (Å²) in [5.74, 6) is -2.76. The van der Waals surface area contributed by atoms with E-state index in [1.165, 1.54) is 10.6 Å². The summed E-state index contributed by atoms with van der Waals surface area (Å²) in [4.78, 5) is 14.7. The molecule has 1 aromatic heterocycles. The molecular formula is C16H24F3N3O3S2. The van der Waals surface area contributed by atoms with Crippen LogP contribution in [0.25, 0.3) is 0 Å². The fourth-order valence-electron chi connectivity index (χ4n) is 3.21. The number of carbonyl (C=O) groups is 1. The van der Waals surface area contributed by atoms with Crippen LogP contribution in [0, 0.1) is 5.41 Å². The van der Waals surface area contributed by atoms with Crippen LogP contribution in [-0.4, -0.2) is 44.6 Å². The molecule has 0 radical (unpaired) electrons.